The van der Waals surface area contributed by atoms with E-state index >= 15 is 0 Å². The minimum atomic E-state index is -1.09. The summed E-state index contributed by atoms with van der Waals surface area (Å²) in [6.07, 6.45) is 4.45. The van der Waals surface area contributed by atoms with Crippen LogP contribution in [-0.4, -0.2) is 35.5 Å². The number of carboxylic acids is 1. The van der Waals surface area contributed by atoms with Crippen LogP contribution in [-0.2, 0) is 14.4 Å². The van der Waals surface area contributed by atoms with Crippen molar-refractivity contribution < 1.29 is 19.5 Å². The lowest BCUT2D eigenvalue weighted by molar-refractivity contribution is -0.138. The van der Waals surface area contributed by atoms with Gasteiger partial charge in [-0.25, -0.2) is 0 Å². The molecule has 0 aromatic rings. The third-order valence-electron chi connectivity index (χ3n) is 2.74. The largest absolute Gasteiger partial charge is 0.480 e. The van der Waals surface area contributed by atoms with Crippen molar-refractivity contribution in [2.24, 2.45) is 0 Å². The van der Waals surface area contributed by atoms with Gasteiger partial charge in [0.15, 0.2) is 0 Å². The van der Waals surface area contributed by atoms with E-state index in [1.807, 2.05) is 0 Å². The highest BCUT2D eigenvalue weighted by molar-refractivity contribution is 5.85. The van der Waals surface area contributed by atoms with Crippen molar-refractivity contribution in [3.63, 3.8) is 0 Å². The first-order valence-electron chi connectivity index (χ1n) is 5.86. The molecule has 1 rings (SSSR count). The molecule has 2 amide bonds. The molecular formula is C11H18N2O4. The molecule has 1 aliphatic carbocycles. The van der Waals surface area contributed by atoms with E-state index in [2.05, 4.69) is 10.6 Å². The number of nitrogens with one attached hydrogen (secondary N) is 2. The van der Waals surface area contributed by atoms with Crippen LogP contribution in [0.5, 0.6) is 0 Å². The predicted octanol–water partition coefficient (Wildman–Crippen LogP) is 0.0262. The van der Waals surface area contributed by atoms with E-state index < -0.39 is 18.4 Å². The van der Waals surface area contributed by atoms with Crippen LogP contribution in [0.2, 0.25) is 0 Å². The SMILES string of the molecule is O=C(O)CNC(=O)CCC(=O)NC1CCCC1. The van der Waals surface area contributed by atoms with Crippen molar-refractivity contribution in [3.05, 3.63) is 0 Å². The zero-order valence-corrected chi connectivity index (χ0v) is 9.70. The van der Waals surface area contributed by atoms with Crippen molar-refractivity contribution in [1.82, 2.24) is 10.6 Å². The summed E-state index contributed by atoms with van der Waals surface area (Å²) in [7, 11) is 0. The smallest absolute Gasteiger partial charge is 0.322 e. The lowest BCUT2D eigenvalue weighted by Crippen LogP contribution is -2.34. The highest BCUT2D eigenvalue weighted by Gasteiger charge is 2.17. The number of hydrogen-bond acceptors (Lipinski definition) is 3. The fraction of sp³-hybridized carbons (Fsp3) is 0.727. The minimum Gasteiger partial charge on any atom is -0.480 e. The Kier molecular flexibility index (Phi) is 5.45. The molecule has 1 fully saturated rings. The molecule has 6 nitrogen and oxygen atoms in total. The Balaban J connectivity index is 2.10. The molecule has 0 aromatic carbocycles. The van der Waals surface area contributed by atoms with Crippen molar-refractivity contribution >= 4 is 17.8 Å². The Labute approximate surface area is 99.8 Å². The first-order valence-corrected chi connectivity index (χ1v) is 5.86. The van der Waals surface area contributed by atoms with Crippen molar-refractivity contribution in [2.75, 3.05) is 6.54 Å². The van der Waals surface area contributed by atoms with Gasteiger partial charge in [-0.1, -0.05) is 12.8 Å². The fourth-order valence-electron chi connectivity index (χ4n) is 1.86. The lowest BCUT2D eigenvalue weighted by Gasteiger charge is -2.11. The van der Waals surface area contributed by atoms with Gasteiger partial charge in [-0.05, 0) is 12.8 Å². The maximum atomic E-state index is 11.4. The van der Waals surface area contributed by atoms with Gasteiger partial charge in [0, 0.05) is 18.9 Å². The molecule has 3 N–H and O–H groups in total. The molecule has 0 saturated heterocycles. The van der Waals surface area contributed by atoms with Crippen LogP contribution in [0.1, 0.15) is 38.5 Å². The van der Waals surface area contributed by atoms with E-state index in [1.165, 1.54) is 0 Å². The number of amides is 2. The monoisotopic (exact) mass is 242 g/mol. The van der Waals surface area contributed by atoms with Gasteiger partial charge in [0.25, 0.3) is 0 Å². The molecular weight excluding hydrogens is 224 g/mol. The summed E-state index contributed by atoms with van der Waals surface area (Å²) in [6.45, 7) is -0.400. The summed E-state index contributed by atoms with van der Waals surface area (Å²) in [6, 6.07) is 0.254. The summed E-state index contributed by atoms with van der Waals surface area (Å²) in [5, 5.41) is 13.4. The zero-order chi connectivity index (χ0) is 12.7. The molecule has 0 unspecified atom stereocenters. The van der Waals surface area contributed by atoms with Crippen LogP contribution >= 0.6 is 0 Å². The maximum absolute atomic E-state index is 11.4. The Morgan fingerprint density at radius 2 is 1.65 bits per heavy atom. The maximum Gasteiger partial charge on any atom is 0.322 e. The Morgan fingerprint density at radius 1 is 1.06 bits per heavy atom. The minimum absolute atomic E-state index is 0.0336. The van der Waals surface area contributed by atoms with Crippen LogP contribution in [0.3, 0.4) is 0 Å². The highest BCUT2D eigenvalue weighted by atomic mass is 16.4. The van der Waals surface area contributed by atoms with Crippen molar-refractivity contribution in [2.45, 2.75) is 44.6 Å². The topological polar surface area (TPSA) is 95.5 Å². The second kappa shape index (κ2) is 6.88. The molecule has 0 aliphatic heterocycles. The third kappa shape index (κ3) is 5.89. The van der Waals surface area contributed by atoms with E-state index in [0.717, 1.165) is 25.7 Å². The Hall–Kier alpha value is -1.59. The number of aliphatic carboxylic acids is 1. The predicted molar refractivity (Wildman–Crippen MR) is 60.3 cm³/mol. The summed E-state index contributed by atoms with van der Waals surface area (Å²) in [4.78, 5) is 32.7. The molecule has 0 spiro atoms. The first-order chi connectivity index (χ1) is 8.08. The molecule has 0 bridgehead atoms. The molecule has 0 atom stereocenters. The zero-order valence-electron chi connectivity index (χ0n) is 9.70. The molecule has 0 radical (unpaired) electrons. The second-order valence-corrected chi connectivity index (χ2v) is 4.22. The van der Waals surface area contributed by atoms with Gasteiger partial charge in [-0.3, -0.25) is 14.4 Å². The van der Waals surface area contributed by atoms with E-state index in [9.17, 15) is 14.4 Å². The Morgan fingerprint density at radius 3 is 2.24 bits per heavy atom. The lowest BCUT2D eigenvalue weighted by atomic mass is 10.2. The number of rotatable bonds is 6. The molecule has 0 heterocycles. The van der Waals surface area contributed by atoms with Gasteiger partial charge in [0.2, 0.25) is 11.8 Å². The van der Waals surface area contributed by atoms with Gasteiger partial charge < -0.3 is 15.7 Å². The summed E-state index contributed by atoms with van der Waals surface area (Å²) >= 11 is 0. The summed E-state index contributed by atoms with van der Waals surface area (Å²) < 4.78 is 0. The van der Waals surface area contributed by atoms with Crippen LogP contribution < -0.4 is 10.6 Å². The molecule has 1 saturated carbocycles. The molecule has 17 heavy (non-hydrogen) atoms. The number of carbonyl (C=O) groups excluding carboxylic acids is 2. The van der Waals surface area contributed by atoms with Gasteiger partial charge >= 0.3 is 5.97 Å². The Bertz CT molecular complexity index is 298. The van der Waals surface area contributed by atoms with Gasteiger partial charge in [-0.15, -0.1) is 0 Å². The van der Waals surface area contributed by atoms with Gasteiger partial charge in [0.05, 0.1) is 0 Å². The van der Waals surface area contributed by atoms with Crippen LogP contribution in [0.15, 0.2) is 0 Å². The van der Waals surface area contributed by atoms with Crippen LogP contribution in [0, 0.1) is 0 Å². The number of hydrogen-bond donors (Lipinski definition) is 3. The number of carboxylic acid groups (broad SMARTS) is 1. The molecule has 96 valence electrons. The van der Waals surface area contributed by atoms with Gasteiger partial charge in [0.1, 0.15) is 6.54 Å². The highest BCUT2D eigenvalue weighted by Crippen LogP contribution is 2.17. The van der Waals surface area contributed by atoms with Gasteiger partial charge in [-0.2, -0.15) is 0 Å². The third-order valence-corrected chi connectivity index (χ3v) is 2.74. The molecule has 0 aromatic heterocycles. The average Bonchev–Trinajstić information content (AvgIpc) is 2.76. The summed E-state index contributed by atoms with van der Waals surface area (Å²) in [5.74, 6) is -1.63. The fourth-order valence-corrected chi connectivity index (χ4v) is 1.86. The van der Waals surface area contributed by atoms with Crippen LogP contribution in [0.4, 0.5) is 0 Å². The van der Waals surface area contributed by atoms with Crippen molar-refractivity contribution in [1.29, 1.82) is 0 Å². The number of carbonyl (C=O) groups is 3. The molecule has 1 aliphatic rings. The quantitative estimate of drug-likeness (QED) is 0.612. The van der Waals surface area contributed by atoms with Crippen molar-refractivity contribution in [3.8, 4) is 0 Å². The van der Waals surface area contributed by atoms with E-state index in [-0.39, 0.29) is 24.8 Å². The average molecular weight is 242 g/mol. The van der Waals surface area contributed by atoms with E-state index in [1.54, 1.807) is 0 Å². The van der Waals surface area contributed by atoms with E-state index in [4.69, 9.17) is 5.11 Å². The van der Waals surface area contributed by atoms with E-state index in [0.29, 0.717) is 0 Å². The van der Waals surface area contributed by atoms with Crippen LogP contribution in [0.25, 0.3) is 0 Å². The first kappa shape index (κ1) is 13.5. The standard InChI is InChI=1S/C11H18N2O4/c14-9(12-7-11(16)17)5-6-10(15)13-8-3-1-2-4-8/h8H,1-7H2,(H,12,14)(H,13,15)(H,16,17). The second-order valence-electron chi connectivity index (χ2n) is 4.22. The normalized spacial score (nSPS) is 15.5. The molecule has 6 heteroatoms. The summed E-state index contributed by atoms with van der Waals surface area (Å²) in [5.41, 5.74) is 0.